The minimum atomic E-state index is 0.103. The highest BCUT2D eigenvalue weighted by molar-refractivity contribution is 5.04. The summed E-state index contributed by atoms with van der Waals surface area (Å²) in [6, 6.07) is 0.500. The second-order valence-corrected chi connectivity index (χ2v) is 7.83. The second-order valence-electron chi connectivity index (χ2n) is 7.83. The fourth-order valence-electron chi connectivity index (χ4n) is 3.61. The Hall–Kier alpha value is -0.0800. The van der Waals surface area contributed by atoms with E-state index >= 15 is 0 Å². The summed E-state index contributed by atoms with van der Waals surface area (Å²) in [5.74, 6) is 0. The van der Waals surface area contributed by atoms with Gasteiger partial charge in [-0.3, -0.25) is 0 Å². The first kappa shape index (κ1) is 13.4. The number of hydrogen-bond donors (Lipinski definition) is 1. The molecule has 1 heterocycles. The van der Waals surface area contributed by atoms with Crippen molar-refractivity contribution in [3.8, 4) is 0 Å². The minimum absolute atomic E-state index is 0.103. The fraction of sp³-hybridized carbons (Fsp3) is 1.00. The summed E-state index contributed by atoms with van der Waals surface area (Å²) < 4.78 is 6.28. The molecule has 1 unspecified atom stereocenters. The van der Waals surface area contributed by atoms with Crippen LogP contribution in [-0.2, 0) is 4.74 Å². The summed E-state index contributed by atoms with van der Waals surface area (Å²) in [6.07, 6.45) is 5.02. The molecule has 2 heteroatoms. The Labute approximate surface area is 107 Å². The second kappa shape index (κ2) is 4.24. The van der Waals surface area contributed by atoms with E-state index in [0.29, 0.717) is 11.5 Å². The SMILES string of the molecule is CC1(C)CCC2(CC1)OCCNC2C(C)(C)C. The average Bonchev–Trinajstić information content (AvgIpc) is 2.22. The monoisotopic (exact) mass is 239 g/mol. The molecule has 0 radical (unpaired) electrons. The van der Waals surface area contributed by atoms with Crippen molar-refractivity contribution < 1.29 is 4.74 Å². The highest BCUT2D eigenvalue weighted by atomic mass is 16.5. The lowest BCUT2D eigenvalue weighted by Gasteiger charge is -2.54. The van der Waals surface area contributed by atoms with Gasteiger partial charge in [0.1, 0.15) is 0 Å². The Balaban J connectivity index is 2.16. The van der Waals surface area contributed by atoms with E-state index in [2.05, 4.69) is 39.9 Å². The van der Waals surface area contributed by atoms with Gasteiger partial charge in [-0.2, -0.15) is 0 Å². The number of ether oxygens (including phenoxy) is 1. The van der Waals surface area contributed by atoms with E-state index in [1.807, 2.05) is 0 Å². The molecular formula is C15H29NO. The van der Waals surface area contributed by atoms with E-state index in [1.54, 1.807) is 0 Å². The van der Waals surface area contributed by atoms with Crippen molar-refractivity contribution in [1.82, 2.24) is 5.32 Å². The Kier molecular flexibility index (Phi) is 3.33. The van der Waals surface area contributed by atoms with Crippen molar-refractivity contribution in [2.24, 2.45) is 10.8 Å². The Morgan fingerprint density at radius 3 is 2.18 bits per heavy atom. The zero-order chi connectivity index (χ0) is 12.7. The third kappa shape index (κ3) is 2.68. The topological polar surface area (TPSA) is 21.3 Å². The van der Waals surface area contributed by atoms with E-state index in [0.717, 1.165) is 13.2 Å². The molecule has 1 N–H and O–H groups in total. The summed E-state index contributed by atoms with van der Waals surface area (Å²) >= 11 is 0. The molecule has 1 saturated carbocycles. The zero-order valence-corrected chi connectivity index (χ0v) is 12.2. The van der Waals surface area contributed by atoms with Crippen LogP contribution < -0.4 is 5.32 Å². The van der Waals surface area contributed by atoms with Gasteiger partial charge in [0.2, 0.25) is 0 Å². The maximum atomic E-state index is 6.28. The van der Waals surface area contributed by atoms with Gasteiger partial charge in [-0.25, -0.2) is 0 Å². The molecule has 17 heavy (non-hydrogen) atoms. The molecular weight excluding hydrogens is 210 g/mol. The highest BCUT2D eigenvalue weighted by Crippen LogP contribution is 2.47. The summed E-state index contributed by atoms with van der Waals surface area (Å²) in [5.41, 5.74) is 0.891. The summed E-state index contributed by atoms with van der Waals surface area (Å²) in [6.45, 7) is 13.7. The van der Waals surface area contributed by atoms with Crippen LogP contribution in [0.15, 0.2) is 0 Å². The van der Waals surface area contributed by atoms with Gasteiger partial charge in [0.15, 0.2) is 0 Å². The van der Waals surface area contributed by atoms with Gasteiger partial charge in [0.25, 0.3) is 0 Å². The maximum Gasteiger partial charge on any atom is 0.0840 e. The maximum absolute atomic E-state index is 6.28. The quantitative estimate of drug-likeness (QED) is 0.700. The van der Waals surface area contributed by atoms with Crippen LogP contribution in [0.4, 0.5) is 0 Å². The lowest BCUT2D eigenvalue weighted by atomic mass is 9.63. The van der Waals surface area contributed by atoms with Crippen LogP contribution in [0.3, 0.4) is 0 Å². The molecule has 2 nitrogen and oxygen atoms in total. The van der Waals surface area contributed by atoms with Crippen LogP contribution in [0.25, 0.3) is 0 Å². The predicted molar refractivity (Wildman–Crippen MR) is 72.2 cm³/mol. The van der Waals surface area contributed by atoms with Crippen LogP contribution in [0.1, 0.15) is 60.3 Å². The normalized spacial score (nSPS) is 32.6. The lowest BCUT2D eigenvalue weighted by Crippen LogP contribution is -2.64. The third-order valence-corrected chi connectivity index (χ3v) is 4.68. The number of morpholine rings is 1. The molecule has 0 aromatic rings. The number of nitrogens with one attached hydrogen (secondary N) is 1. The highest BCUT2D eigenvalue weighted by Gasteiger charge is 2.50. The van der Waals surface area contributed by atoms with Crippen molar-refractivity contribution in [3.05, 3.63) is 0 Å². The van der Waals surface area contributed by atoms with E-state index in [4.69, 9.17) is 4.74 Å². The van der Waals surface area contributed by atoms with Crippen molar-refractivity contribution in [3.63, 3.8) is 0 Å². The summed E-state index contributed by atoms with van der Waals surface area (Å²) in [5, 5.41) is 3.72. The Morgan fingerprint density at radius 2 is 1.65 bits per heavy atom. The molecule has 2 aliphatic rings. The van der Waals surface area contributed by atoms with Crippen molar-refractivity contribution in [2.75, 3.05) is 13.2 Å². The van der Waals surface area contributed by atoms with Crippen LogP contribution in [-0.4, -0.2) is 24.8 Å². The van der Waals surface area contributed by atoms with Gasteiger partial charge < -0.3 is 10.1 Å². The first-order valence-electron chi connectivity index (χ1n) is 7.13. The standard InChI is InChI=1S/C15H29NO/c1-13(2,3)12-15(17-11-10-16-12)8-6-14(4,5)7-9-15/h12,16H,6-11H2,1-5H3. The summed E-state index contributed by atoms with van der Waals surface area (Å²) in [4.78, 5) is 0. The van der Waals surface area contributed by atoms with Crippen LogP contribution in [0.2, 0.25) is 0 Å². The molecule has 0 aromatic heterocycles. The molecule has 1 atom stereocenters. The largest absolute Gasteiger partial charge is 0.372 e. The molecule has 0 aromatic carbocycles. The molecule has 100 valence electrons. The van der Waals surface area contributed by atoms with Gasteiger partial charge in [-0.1, -0.05) is 34.6 Å². The van der Waals surface area contributed by atoms with E-state index < -0.39 is 0 Å². The molecule has 1 spiro atoms. The molecule has 2 rings (SSSR count). The fourth-order valence-corrected chi connectivity index (χ4v) is 3.61. The van der Waals surface area contributed by atoms with Gasteiger partial charge in [-0.15, -0.1) is 0 Å². The van der Waals surface area contributed by atoms with Crippen LogP contribution in [0, 0.1) is 10.8 Å². The van der Waals surface area contributed by atoms with Crippen LogP contribution >= 0.6 is 0 Å². The Bertz CT molecular complexity index is 267. The molecule has 1 saturated heterocycles. The first-order valence-corrected chi connectivity index (χ1v) is 7.13. The molecule has 0 bridgehead atoms. The van der Waals surface area contributed by atoms with Crippen LogP contribution in [0.5, 0.6) is 0 Å². The molecule has 0 amide bonds. The van der Waals surface area contributed by atoms with Crippen molar-refractivity contribution in [1.29, 1.82) is 0 Å². The minimum Gasteiger partial charge on any atom is -0.372 e. The number of rotatable bonds is 0. The van der Waals surface area contributed by atoms with Gasteiger partial charge >= 0.3 is 0 Å². The molecule has 1 aliphatic heterocycles. The Morgan fingerprint density at radius 1 is 1.06 bits per heavy atom. The van der Waals surface area contributed by atoms with E-state index in [9.17, 15) is 0 Å². The first-order chi connectivity index (χ1) is 7.75. The van der Waals surface area contributed by atoms with E-state index in [-0.39, 0.29) is 11.0 Å². The molecule has 2 fully saturated rings. The average molecular weight is 239 g/mol. The van der Waals surface area contributed by atoms with Crippen molar-refractivity contribution >= 4 is 0 Å². The number of hydrogen-bond acceptors (Lipinski definition) is 2. The lowest BCUT2D eigenvalue weighted by molar-refractivity contribution is -0.152. The van der Waals surface area contributed by atoms with Crippen molar-refractivity contribution in [2.45, 2.75) is 71.9 Å². The molecule has 1 aliphatic carbocycles. The smallest absolute Gasteiger partial charge is 0.0840 e. The van der Waals surface area contributed by atoms with Gasteiger partial charge in [0, 0.05) is 12.6 Å². The zero-order valence-electron chi connectivity index (χ0n) is 12.2. The third-order valence-electron chi connectivity index (χ3n) is 4.68. The summed E-state index contributed by atoms with van der Waals surface area (Å²) in [7, 11) is 0. The predicted octanol–water partition coefficient (Wildman–Crippen LogP) is 3.36. The van der Waals surface area contributed by atoms with E-state index in [1.165, 1.54) is 25.7 Å². The van der Waals surface area contributed by atoms with Gasteiger partial charge in [-0.05, 0) is 36.5 Å². The van der Waals surface area contributed by atoms with Gasteiger partial charge in [0.05, 0.1) is 12.2 Å².